The Bertz CT molecular complexity index is 820. The Morgan fingerprint density at radius 3 is 2.25 bits per heavy atom. The van der Waals surface area contributed by atoms with Crippen LogP contribution in [0.25, 0.3) is 11.3 Å². The van der Waals surface area contributed by atoms with Gasteiger partial charge in [-0.1, -0.05) is 60.7 Å². The summed E-state index contributed by atoms with van der Waals surface area (Å²) in [5.41, 5.74) is 5.00. The predicted octanol–water partition coefficient (Wildman–Crippen LogP) is 4.49. The van der Waals surface area contributed by atoms with E-state index >= 15 is 0 Å². The highest BCUT2D eigenvalue weighted by Crippen LogP contribution is 2.26. The fourth-order valence-corrected chi connectivity index (χ4v) is 2.98. The maximum Gasteiger partial charge on any atom is 0.339 e. The van der Waals surface area contributed by atoms with Crippen molar-refractivity contribution in [2.45, 2.75) is 19.9 Å². The van der Waals surface area contributed by atoms with Gasteiger partial charge in [-0.05, 0) is 30.5 Å². The summed E-state index contributed by atoms with van der Waals surface area (Å²) in [4.78, 5) is 12.1. The molecule has 0 fully saturated rings. The molecule has 1 heterocycles. The molecule has 3 rings (SSSR count). The largest absolute Gasteiger partial charge is 0.465 e. The lowest BCUT2D eigenvalue weighted by molar-refractivity contribution is 0.0600. The van der Waals surface area contributed by atoms with Crippen LogP contribution in [0, 0.1) is 6.92 Å². The van der Waals surface area contributed by atoms with Crippen LogP contribution in [0.4, 0.5) is 0 Å². The summed E-state index contributed by atoms with van der Waals surface area (Å²) in [6, 6.07) is 22.5. The molecule has 0 aliphatic rings. The van der Waals surface area contributed by atoms with Crippen molar-refractivity contribution in [3.05, 3.63) is 83.6 Å². The Balaban J connectivity index is 1.99. The van der Waals surface area contributed by atoms with Gasteiger partial charge in [-0.2, -0.15) is 0 Å². The van der Waals surface area contributed by atoms with Gasteiger partial charge in [0.2, 0.25) is 0 Å². The summed E-state index contributed by atoms with van der Waals surface area (Å²) < 4.78 is 7.13. The standard InChI is InChI=1S/C21H21NO2/c1-16-19(21(23)24-2)15-20(18-11-7-4-8-12-18)22(16)14-13-17-9-5-3-6-10-17/h3-12,15H,13-14H2,1-2H3. The highest BCUT2D eigenvalue weighted by Gasteiger charge is 2.18. The zero-order valence-corrected chi connectivity index (χ0v) is 14.0. The second-order valence-corrected chi connectivity index (χ2v) is 5.77. The molecule has 0 radical (unpaired) electrons. The molecular weight excluding hydrogens is 298 g/mol. The first kappa shape index (κ1) is 16.1. The number of aryl methyl sites for hydroxylation is 1. The van der Waals surface area contributed by atoms with Gasteiger partial charge in [0.15, 0.2) is 0 Å². The summed E-state index contributed by atoms with van der Waals surface area (Å²) in [6.45, 7) is 2.79. The first-order valence-electron chi connectivity index (χ1n) is 8.08. The molecule has 24 heavy (non-hydrogen) atoms. The van der Waals surface area contributed by atoms with E-state index in [-0.39, 0.29) is 5.97 Å². The first-order chi connectivity index (χ1) is 11.7. The van der Waals surface area contributed by atoms with Crippen LogP contribution in [0.3, 0.4) is 0 Å². The van der Waals surface area contributed by atoms with Crippen LogP contribution in [-0.2, 0) is 17.7 Å². The van der Waals surface area contributed by atoms with Crippen molar-refractivity contribution >= 4 is 5.97 Å². The van der Waals surface area contributed by atoms with E-state index in [1.54, 1.807) is 0 Å². The molecule has 0 aliphatic carbocycles. The lowest BCUT2D eigenvalue weighted by atomic mass is 10.1. The first-order valence-corrected chi connectivity index (χ1v) is 8.08. The lowest BCUT2D eigenvalue weighted by Gasteiger charge is -2.12. The quantitative estimate of drug-likeness (QED) is 0.649. The van der Waals surface area contributed by atoms with Gasteiger partial charge in [-0.15, -0.1) is 0 Å². The van der Waals surface area contributed by atoms with Crippen molar-refractivity contribution in [2.75, 3.05) is 7.11 Å². The summed E-state index contributed by atoms with van der Waals surface area (Å²) >= 11 is 0. The second-order valence-electron chi connectivity index (χ2n) is 5.77. The topological polar surface area (TPSA) is 31.2 Å². The summed E-state index contributed by atoms with van der Waals surface area (Å²) in [5, 5.41) is 0. The molecule has 0 N–H and O–H groups in total. The van der Waals surface area contributed by atoms with Gasteiger partial charge in [0.1, 0.15) is 0 Å². The van der Waals surface area contributed by atoms with Crippen LogP contribution in [0.2, 0.25) is 0 Å². The number of benzene rings is 2. The third-order valence-corrected chi connectivity index (χ3v) is 4.31. The Morgan fingerprint density at radius 2 is 1.62 bits per heavy atom. The predicted molar refractivity (Wildman–Crippen MR) is 96.1 cm³/mol. The van der Waals surface area contributed by atoms with E-state index in [9.17, 15) is 4.79 Å². The fourth-order valence-electron chi connectivity index (χ4n) is 2.98. The number of ether oxygens (including phenoxy) is 1. The molecule has 122 valence electrons. The Morgan fingerprint density at radius 1 is 1.00 bits per heavy atom. The monoisotopic (exact) mass is 319 g/mol. The molecule has 0 unspecified atom stereocenters. The molecule has 3 nitrogen and oxygen atoms in total. The van der Waals surface area contributed by atoms with Crippen molar-refractivity contribution in [3.8, 4) is 11.3 Å². The normalized spacial score (nSPS) is 10.6. The summed E-state index contributed by atoms with van der Waals surface area (Å²) in [5.74, 6) is -0.289. The fraction of sp³-hybridized carbons (Fsp3) is 0.190. The number of hydrogen-bond acceptors (Lipinski definition) is 2. The van der Waals surface area contributed by atoms with E-state index in [0.717, 1.165) is 29.9 Å². The van der Waals surface area contributed by atoms with Gasteiger partial charge in [-0.25, -0.2) is 4.79 Å². The number of aromatic nitrogens is 1. The van der Waals surface area contributed by atoms with E-state index < -0.39 is 0 Å². The average molecular weight is 319 g/mol. The van der Waals surface area contributed by atoms with Crippen molar-refractivity contribution in [1.29, 1.82) is 0 Å². The average Bonchev–Trinajstić information content (AvgIpc) is 2.97. The minimum atomic E-state index is -0.289. The maximum absolute atomic E-state index is 12.1. The number of carbonyl (C=O) groups excluding carboxylic acids is 1. The minimum absolute atomic E-state index is 0.289. The second kappa shape index (κ2) is 7.18. The summed E-state index contributed by atoms with van der Waals surface area (Å²) in [6.07, 6.45) is 0.913. The number of nitrogens with zero attached hydrogens (tertiary/aromatic N) is 1. The van der Waals surface area contributed by atoms with Crippen molar-refractivity contribution in [3.63, 3.8) is 0 Å². The molecular formula is C21H21NO2. The van der Waals surface area contributed by atoms with E-state index in [2.05, 4.69) is 41.0 Å². The SMILES string of the molecule is COC(=O)c1cc(-c2ccccc2)n(CCc2ccccc2)c1C. The Kier molecular flexibility index (Phi) is 4.80. The zero-order chi connectivity index (χ0) is 16.9. The van der Waals surface area contributed by atoms with Crippen molar-refractivity contribution < 1.29 is 9.53 Å². The van der Waals surface area contributed by atoms with Gasteiger partial charge in [0.25, 0.3) is 0 Å². The third kappa shape index (κ3) is 3.25. The number of esters is 1. The minimum Gasteiger partial charge on any atom is -0.465 e. The Hall–Kier alpha value is -2.81. The molecule has 3 heteroatoms. The highest BCUT2D eigenvalue weighted by molar-refractivity contribution is 5.92. The number of carbonyl (C=O) groups is 1. The molecule has 3 aromatic rings. The highest BCUT2D eigenvalue weighted by atomic mass is 16.5. The molecule has 0 aliphatic heterocycles. The summed E-state index contributed by atoms with van der Waals surface area (Å²) in [7, 11) is 1.42. The molecule has 0 spiro atoms. The number of methoxy groups -OCH3 is 1. The maximum atomic E-state index is 12.1. The van der Waals surface area contributed by atoms with Gasteiger partial charge in [0.05, 0.1) is 12.7 Å². The zero-order valence-electron chi connectivity index (χ0n) is 14.0. The van der Waals surface area contributed by atoms with Gasteiger partial charge >= 0.3 is 5.97 Å². The van der Waals surface area contributed by atoms with Crippen LogP contribution < -0.4 is 0 Å². The molecule has 0 atom stereocenters. The van der Waals surface area contributed by atoms with E-state index in [1.165, 1.54) is 12.7 Å². The van der Waals surface area contributed by atoms with Gasteiger partial charge in [0, 0.05) is 17.9 Å². The smallest absolute Gasteiger partial charge is 0.339 e. The van der Waals surface area contributed by atoms with E-state index in [4.69, 9.17) is 4.74 Å². The Labute approximate surface area is 142 Å². The van der Waals surface area contributed by atoms with Crippen LogP contribution >= 0.6 is 0 Å². The molecule has 2 aromatic carbocycles. The molecule has 0 amide bonds. The van der Waals surface area contributed by atoms with Crippen LogP contribution in [0.5, 0.6) is 0 Å². The molecule has 0 bridgehead atoms. The molecule has 0 saturated heterocycles. The van der Waals surface area contributed by atoms with Gasteiger partial charge in [-0.3, -0.25) is 0 Å². The number of rotatable bonds is 5. The van der Waals surface area contributed by atoms with Crippen molar-refractivity contribution in [2.24, 2.45) is 0 Å². The molecule has 1 aromatic heterocycles. The van der Waals surface area contributed by atoms with E-state index in [1.807, 2.05) is 37.3 Å². The van der Waals surface area contributed by atoms with Crippen molar-refractivity contribution in [1.82, 2.24) is 4.57 Å². The van der Waals surface area contributed by atoms with Crippen LogP contribution in [0.1, 0.15) is 21.6 Å². The van der Waals surface area contributed by atoms with E-state index in [0.29, 0.717) is 5.56 Å². The molecule has 0 saturated carbocycles. The number of hydrogen-bond donors (Lipinski definition) is 0. The third-order valence-electron chi connectivity index (χ3n) is 4.31. The van der Waals surface area contributed by atoms with Crippen LogP contribution in [0.15, 0.2) is 66.7 Å². The lowest BCUT2D eigenvalue weighted by Crippen LogP contribution is -2.08. The van der Waals surface area contributed by atoms with Crippen LogP contribution in [-0.4, -0.2) is 17.6 Å². The van der Waals surface area contributed by atoms with Gasteiger partial charge < -0.3 is 9.30 Å².